The largest absolute Gasteiger partial charge is 0.255 e. The fourth-order valence-corrected chi connectivity index (χ4v) is 2.02. The van der Waals surface area contributed by atoms with E-state index in [9.17, 15) is 0 Å². The lowest BCUT2D eigenvalue weighted by Crippen LogP contribution is -1.94. The number of hydrogen-bond acceptors (Lipinski definition) is 4. The predicted molar refractivity (Wildman–Crippen MR) is 76.2 cm³/mol. The molecule has 0 aromatic carbocycles. The van der Waals surface area contributed by atoms with E-state index in [1.54, 1.807) is 12.4 Å². The van der Waals surface area contributed by atoms with Crippen molar-refractivity contribution in [1.82, 2.24) is 19.9 Å². The molecule has 0 aliphatic carbocycles. The van der Waals surface area contributed by atoms with Gasteiger partial charge in [-0.3, -0.25) is 4.98 Å². The van der Waals surface area contributed by atoms with Crippen LogP contribution in [0.1, 0.15) is 0 Å². The molecule has 5 heteroatoms. The zero-order chi connectivity index (χ0) is 13.1. The van der Waals surface area contributed by atoms with E-state index in [0.29, 0.717) is 5.82 Å². The SMILES string of the molecule is Brc1cccc(-c2nccc(-c3ccccn3)n2)n1. The lowest BCUT2D eigenvalue weighted by atomic mass is 10.2. The van der Waals surface area contributed by atoms with Gasteiger partial charge in [-0.25, -0.2) is 15.0 Å². The van der Waals surface area contributed by atoms with Crippen molar-refractivity contribution in [2.45, 2.75) is 0 Å². The molecule has 0 fully saturated rings. The van der Waals surface area contributed by atoms with Crippen LogP contribution in [0.3, 0.4) is 0 Å². The topological polar surface area (TPSA) is 51.6 Å². The fourth-order valence-electron chi connectivity index (χ4n) is 1.67. The average molecular weight is 313 g/mol. The van der Waals surface area contributed by atoms with E-state index in [-0.39, 0.29) is 0 Å². The maximum absolute atomic E-state index is 4.50. The smallest absolute Gasteiger partial charge is 0.178 e. The lowest BCUT2D eigenvalue weighted by Gasteiger charge is -2.03. The second-order valence-electron chi connectivity index (χ2n) is 3.83. The Balaban J connectivity index is 2.06. The van der Waals surface area contributed by atoms with Crippen molar-refractivity contribution in [2.75, 3.05) is 0 Å². The molecule has 0 atom stereocenters. The Bertz CT molecular complexity index is 701. The van der Waals surface area contributed by atoms with Gasteiger partial charge in [-0.05, 0) is 46.3 Å². The van der Waals surface area contributed by atoms with E-state index < -0.39 is 0 Å². The Hall–Kier alpha value is -2.14. The third kappa shape index (κ3) is 2.66. The first kappa shape index (κ1) is 11.9. The van der Waals surface area contributed by atoms with Gasteiger partial charge >= 0.3 is 0 Å². The highest BCUT2D eigenvalue weighted by Gasteiger charge is 2.06. The third-order valence-corrected chi connectivity index (χ3v) is 2.97. The van der Waals surface area contributed by atoms with Crippen LogP contribution in [0.2, 0.25) is 0 Å². The Morgan fingerprint density at radius 1 is 0.684 bits per heavy atom. The van der Waals surface area contributed by atoms with E-state index >= 15 is 0 Å². The van der Waals surface area contributed by atoms with Gasteiger partial charge in [0.05, 0.1) is 11.4 Å². The second-order valence-corrected chi connectivity index (χ2v) is 4.64. The first-order valence-corrected chi connectivity index (χ1v) is 6.49. The van der Waals surface area contributed by atoms with Gasteiger partial charge in [-0.1, -0.05) is 12.1 Å². The molecule has 0 aliphatic heterocycles. The summed E-state index contributed by atoms with van der Waals surface area (Å²) in [6.07, 6.45) is 3.46. The van der Waals surface area contributed by atoms with Crippen molar-refractivity contribution >= 4 is 15.9 Å². The number of nitrogens with zero attached hydrogens (tertiary/aromatic N) is 4. The monoisotopic (exact) mass is 312 g/mol. The molecule has 92 valence electrons. The van der Waals surface area contributed by atoms with Crippen LogP contribution in [0.25, 0.3) is 22.9 Å². The molecule has 0 saturated carbocycles. The minimum atomic E-state index is 0.587. The molecular weight excluding hydrogens is 304 g/mol. The molecule has 0 amide bonds. The summed E-state index contributed by atoms with van der Waals surface area (Å²) in [6.45, 7) is 0. The van der Waals surface area contributed by atoms with Crippen molar-refractivity contribution in [3.63, 3.8) is 0 Å². The summed E-state index contributed by atoms with van der Waals surface area (Å²) in [5.41, 5.74) is 2.33. The molecule has 3 aromatic heterocycles. The second kappa shape index (κ2) is 5.24. The van der Waals surface area contributed by atoms with Crippen molar-refractivity contribution < 1.29 is 0 Å². The highest BCUT2D eigenvalue weighted by molar-refractivity contribution is 9.10. The summed E-state index contributed by atoms with van der Waals surface area (Å²) in [5.74, 6) is 0.587. The Morgan fingerprint density at radius 3 is 2.37 bits per heavy atom. The molecule has 0 saturated heterocycles. The predicted octanol–water partition coefficient (Wildman–Crippen LogP) is 3.36. The van der Waals surface area contributed by atoms with Crippen LogP contribution in [0.5, 0.6) is 0 Å². The molecule has 3 rings (SSSR count). The molecule has 3 aromatic rings. The van der Waals surface area contributed by atoms with E-state index in [1.165, 1.54) is 0 Å². The fraction of sp³-hybridized carbons (Fsp3) is 0. The quantitative estimate of drug-likeness (QED) is 0.681. The van der Waals surface area contributed by atoms with Gasteiger partial charge in [-0.2, -0.15) is 0 Å². The maximum atomic E-state index is 4.50. The Labute approximate surface area is 118 Å². The molecule has 0 aliphatic rings. The lowest BCUT2D eigenvalue weighted by molar-refractivity contribution is 1.12. The van der Waals surface area contributed by atoms with Crippen molar-refractivity contribution in [3.8, 4) is 22.9 Å². The van der Waals surface area contributed by atoms with Gasteiger partial charge in [0.25, 0.3) is 0 Å². The molecule has 0 N–H and O–H groups in total. The van der Waals surface area contributed by atoms with Gasteiger partial charge < -0.3 is 0 Å². The van der Waals surface area contributed by atoms with Gasteiger partial charge in [0, 0.05) is 12.4 Å². The summed E-state index contributed by atoms with van der Waals surface area (Å²) in [6, 6.07) is 13.2. The normalized spacial score (nSPS) is 10.4. The van der Waals surface area contributed by atoms with E-state index in [2.05, 4.69) is 35.9 Å². The number of pyridine rings is 2. The Morgan fingerprint density at radius 2 is 1.58 bits per heavy atom. The van der Waals surface area contributed by atoms with Gasteiger partial charge in [0.1, 0.15) is 10.3 Å². The van der Waals surface area contributed by atoms with Crippen LogP contribution in [0.4, 0.5) is 0 Å². The van der Waals surface area contributed by atoms with Crippen LogP contribution in [-0.4, -0.2) is 19.9 Å². The molecule has 19 heavy (non-hydrogen) atoms. The maximum Gasteiger partial charge on any atom is 0.178 e. The van der Waals surface area contributed by atoms with Crippen molar-refractivity contribution in [2.24, 2.45) is 0 Å². The Kier molecular flexibility index (Phi) is 3.29. The van der Waals surface area contributed by atoms with E-state index in [0.717, 1.165) is 21.7 Å². The van der Waals surface area contributed by atoms with E-state index in [1.807, 2.05) is 42.5 Å². The minimum Gasteiger partial charge on any atom is -0.255 e. The molecular formula is C14H9BrN4. The molecule has 0 unspecified atom stereocenters. The zero-order valence-electron chi connectivity index (χ0n) is 9.86. The highest BCUT2D eigenvalue weighted by Crippen LogP contribution is 2.19. The van der Waals surface area contributed by atoms with Crippen LogP contribution in [0, 0.1) is 0 Å². The first-order chi connectivity index (χ1) is 9.33. The van der Waals surface area contributed by atoms with Gasteiger partial charge in [0.15, 0.2) is 5.82 Å². The standard InChI is InChI=1S/C14H9BrN4/c15-13-6-3-5-12(18-13)14-17-9-7-11(19-14)10-4-1-2-8-16-10/h1-9H. The van der Waals surface area contributed by atoms with Crippen LogP contribution in [0.15, 0.2) is 59.5 Å². The molecule has 4 nitrogen and oxygen atoms in total. The summed E-state index contributed by atoms with van der Waals surface area (Å²) in [7, 11) is 0. The molecule has 3 heterocycles. The zero-order valence-corrected chi connectivity index (χ0v) is 11.4. The third-order valence-electron chi connectivity index (χ3n) is 2.53. The minimum absolute atomic E-state index is 0.587. The van der Waals surface area contributed by atoms with Crippen molar-refractivity contribution in [1.29, 1.82) is 0 Å². The highest BCUT2D eigenvalue weighted by atomic mass is 79.9. The average Bonchev–Trinajstić information content (AvgIpc) is 2.48. The van der Waals surface area contributed by atoms with Crippen LogP contribution >= 0.6 is 15.9 Å². The molecule has 0 spiro atoms. The summed E-state index contributed by atoms with van der Waals surface area (Å²) >= 11 is 3.34. The first-order valence-electron chi connectivity index (χ1n) is 5.70. The summed E-state index contributed by atoms with van der Waals surface area (Å²) in [5, 5.41) is 0. The van der Waals surface area contributed by atoms with Gasteiger partial charge in [-0.15, -0.1) is 0 Å². The number of halogens is 1. The van der Waals surface area contributed by atoms with Crippen LogP contribution in [-0.2, 0) is 0 Å². The number of hydrogen-bond donors (Lipinski definition) is 0. The molecule has 0 radical (unpaired) electrons. The number of rotatable bonds is 2. The summed E-state index contributed by atoms with van der Waals surface area (Å²) in [4.78, 5) is 17.4. The van der Waals surface area contributed by atoms with Crippen molar-refractivity contribution in [3.05, 3.63) is 59.5 Å². The summed E-state index contributed by atoms with van der Waals surface area (Å²) < 4.78 is 0.761. The number of aromatic nitrogens is 4. The van der Waals surface area contributed by atoms with Gasteiger partial charge in [0.2, 0.25) is 0 Å². The van der Waals surface area contributed by atoms with E-state index in [4.69, 9.17) is 0 Å². The van der Waals surface area contributed by atoms with Crippen LogP contribution < -0.4 is 0 Å². The molecule has 0 bridgehead atoms.